The van der Waals surface area contributed by atoms with Gasteiger partial charge < -0.3 is 25.4 Å². The maximum atomic E-state index is 13.9. The van der Waals surface area contributed by atoms with Crippen molar-refractivity contribution in [3.8, 4) is 11.4 Å². The number of hydrogen-bond acceptors (Lipinski definition) is 11. The van der Waals surface area contributed by atoms with Crippen LogP contribution in [0.3, 0.4) is 0 Å². The highest BCUT2D eigenvalue weighted by Crippen LogP contribution is 2.36. The number of likely N-dealkylation sites (N-methyl/N-ethyl adjacent to an activating group) is 1. The van der Waals surface area contributed by atoms with Crippen molar-refractivity contribution >= 4 is 52.7 Å². The van der Waals surface area contributed by atoms with E-state index in [0.29, 0.717) is 50.1 Å². The molecule has 4 N–H and O–H groups in total. The molecule has 15 nitrogen and oxygen atoms in total. The van der Waals surface area contributed by atoms with Crippen LogP contribution in [0.1, 0.15) is 70.5 Å². The van der Waals surface area contributed by atoms with Crippen LogP contribution in [0.25, 0.3) is 22.3 Å². The number of fused-ring (bicyclic) bond motifs is 1. The highest BCUT2D eigenvalue weighted by molar-refractivity contribution is 6.43. The fraction of sp³-hybridized carbons (Fsp3) is 0.436. The van der Waals surface area contributed by atoms with Crippen molar-refractivity contribution in [1.29, 1.82) is 5.41 Å². The number of amides is 2. The van der Waals surface area contributed by atoms with Crippen LogP contribution in [-0.4, -0.2) is 104 Å². The first kappa shape index (κ1) is 45.1. The van der Waals surface area contributed by atoms with Crippen molar-refractivity contribution in [1.82, 2.24) is 40.1 Å². The van der Waals surface area contributed by atoms with Gasteiger partial charge >= 0.3 is 6.18 Å². The van der Waals surface area contributed by atoms with E-state index in [1.807, 2.05) is 54.7 Å². The first-order valence-electron chi connectivity index (χ1n) is 18.6. The van der Waals surface area contributed by atoms with E-state index in [-0.39, 0.29) is 53.7 Å². The number of hydrogen-bond donors (Lipinski definition) is 4. The average molecular weight is 829 g/mol. The molecular weight excluding hydrogens is 781 g/mol. The molecule has 312 valence electrons. The zero-order valence-corrected chi connectivity index (χ0v) is 34.0. The van der Waals surface area contributed by atoms with Gasteiger partial charge in [-0.1, -0.05) is 37.6 Å². The molecule has 2 aliphatic rings. The Balaban J connectivity index is 0.000000390. The van der Waals surface area contributed by atoms with Crippen molar-refractivity contribution in [2.75, 3.05) is 32.8 Å². The van der Waals surface area contributed by atoms with E-state index in [0.717, 1.165) is 28.1 Å². The van der Waals surface area contributed by atoms with Crippen molar-refractivity contribution in [2.24, 2.45) is 10.9 Å². The van der Waals surface area contributed by atoms with Crippen LogP contribution in [0.15, 0.2) is 75.0 Å². The van der Waals surface area contributed by atoms with E-state index in [1.165, 1.54) is 17.7 Å². The van der Waals surface area contributed by atoms with E-state index in [1.54, 1.807) is 13.8 Å². The van der Waals surface area contributed by atoms with Gasteiger partial charge in [0.25, 0.3) is 11.8 Å². The van der Waals surface area contributed by atoms with E-state index in [4.69, 9.17) is 21.7 Å². The van der Waals surface area contributed by atoms with E-state index in [2.05, 4.69) is 37.5 Å². The van der Waals surface area contributed by atoms with E-state index in [9.17, 15) is 32.7 Å². The van der Waals surface area contributed by atoms with Crippen molar-refractivity contribution < 1.29 is 37.4 Å². The molecule has 5 rings (SSSR count). The Hall–Kier alpha value is -5.62. The summed E-state index contributed by atoms with van der Waals surface area (Å²) in [6.45, 7) is 16.1. The number of benzene rings is 1. The lowest BCUT2D eigenvalue weighted by Gasteiger charge is -2.27. The summed E-state index contributed by atoms with van der Waals surface area (Å²) in [5.41, 5.74) is 2.71. The quantitative estimate of drug-likeness (QED) is 0.0793. The summed E-state index contributed by atoms with van der Waals surface area (Å²) in [6, 6.07) is 6.03. The number of aryl methyl sites for hydroxylation is 1. The molecular formula is C39H48ClF3N10O5. The maximum absolute atomic E-state index is 13.9. The molecule has 0 bridgehead atoms. The fourth-order valence-corrected chi connectivity index (χ4v) is 6.02. The summed E-state index contributed by atoms with van der Waals surface area (Å²) in [7, 11) is 0. The number of allylic oxidation sites excluding steroid dienone is 6. The Labute approximate surface area is 338 Å². The summed E-state index contributed by atoms with van der Waals surface area (Å²) in [6.07, 6.45) is 0.608. The highest BCUT2D eigenvalue weighted by Gasteiger charge is 2.39. The molecule has 1 aliphatic heterocycles. The standard InChI is InChI=1S/C29H37N9O4.C10H11ClF3NO/c1-7-17(3)25(36(8-2)12-11-32-28(40)24(30)26(39)18(4)31-6)29(41)38-19(5)33-27(35-38)20-9-10-23-21(13-20)14-37(34-23)22-15-42-16-22;1-2-9(16)15-8-4-3-6(5-7(8)11)10(12,13)14/h9-10,13-14,22,30,39H,6-8,11-12,15-16H2,1-5H3,(H,32,40);4-6H,2-3H2,1H3,(H,15,16)/b25-17-,26-18+,30-24?;. The Kier molecular flexibility index (Phi) is 15.3. The number of nitrogens with one attached hydrogen (secondary N) is 3. The molecule has 19 heteroatoms. The predicted molar refractivity (Wildman–Crippen MR) is 214 cm³/mol. The summed E-state index contributed by atoms with van der Waals surface area (Å²) >= 11 is 5.66. The van der Waals surface area contributed by atoms with Gasteiger partial charge in [0.15, 0.2) is 17.3 Å². The van der Waals surface area contributed by atoms with E-state index < -0.39 is 29.5 Å². The third-order valence-electron chi connectivity index (χ3n) is 9.48. The second kappa shape index (κ2) is 19.7. The number of nitrogens with zero attached hydrogens (tertiary/aromatic N) is 7. The topological polar surface area (TPSA) is 193 Å². The highest BCUT2D eigenvalue weighted by atomic mass is 35.5. The molecule has 3 heterocycles. The minimum Gasteiger partial charge on any atom is -0.504 e. The van der Waals surface area contributed by atoms with Gasteiger partial charge in [-0.2, -0.15) is 23.0 Å². The zero-order valence-electron chi connectivity index (χ0n) is 33.2. The molecule has 1 unspecified atom stereocenters. The van der Waals surface area contributed by atoms with Crippen LogP contribution in [0.5, 0.6) is 0 Å². The van der Waals surface area contributed by atoms with Gasteiger partial charge in [0.2, 0.25) is 5.91 Å². The Morgan fingerprint density at radius 1 is 1.16 bits per heavy atom. The molecule has 1 saturated heterocycles. The van der Waals surface area contributed by atoms with Crippen LogP contribution in [0, 0.1) is 18.3 Å². The van der Waals surface area contributed by atoms with Crippen LogP contribution < -0.4 is 10.6 Å². The number of rotatable bonds is 14. The molecule has 0 radical (unpaired) electrons. The molecule has 2 aromatic heterocycles. The van der Waals surface area contributed by atoms with E-state index >= 15 is 0 Å². The van der Waals surface area contributed by atoms with Crippen molar-refractivity contribution in [2.45, 2.75) is 73.0 Å². The molecule has 1 atom stereocenters. The van der Waals surface area contributed by atoms with Crippen molar-refractivity contribution in [3.63, 3.8) is 0 Å². The number of alkyl halides is 3. The van der Waals surface area contributed by atoms with Gasteiger partial charge in [-0.3, -0.25) is 29.5 Å². The number of aliphatic imine (C=N–C) groups is 1. The van der Waals surface area contributed by atoms with Gasteiger partial charge in [-0.15, -0.1) is 5.10 Å². The monoisotopic (exact) mass is 828 g/mol. The second-order valence-corrected chi connectivity index (χ2v) is 13.9. The molecule has 2 amide bonds. The number of carbonyl (C=O) groups is 3. The summed E-state index contributed by atoms with van der Waals surface area (Å²) in [5, 5.41) is 33.0. The summed E-state index contributed by atoms with van der Waals surface area (Å²) in [5.74, 6) is -2.57. The molecule has 1 aliphatic carbocycles. The zero-order chi connectivity index (χ0) is 42.9. The fourth-order valence-electron chi connectivity index (χ4n) is 5.75. The number of halogens is 4. The lowest BCUT2D eigenvalue weighted by molar-refractivity contribution is -0.160. The number of aliphatic hydroxyl groups excluding tert-OH is 1. The van der Waals surface area contributed by atoms with Gasteiger partial charge in [0.05, 0.1) is 47.1 Å². The summed E-state index contributed by atoms with van der Waals surface area (Å²) < 4.78 is 45.6. The number of carbonyl (C=O) groups excluding carboxylic acids is 3. The van der Waals surface area contributed by atoms with Gasteiger partial charge in [0.1, 0.15) is 11.5 Å². The average Bonchev–Trinajstić information content (AvgIpc) is 3.78. The first-order valence-corrected chi connectivity index (χ1v) is 19.0. The van der Waals surface area contributed by atoms with Crippen LogP contribution >= 0.6 is 11.6 Å². The van der Waals surface area contributed by atoms with Crippen LogP contribution in [0.4, 0.5) is 13.2 Å². The number of aliphatic hydroxyl groups is 1. The predicted octanol–water partition coefficient (Wildman–Crippen LogP) is 6.55. The van der Waals surface area contributed by atoms with Crippen LogP contribution in [-0.2, 0) is 14.3 Å². The largest absolute Gasteiger partial charge is 0.504 e. The smallest absolute Gasteiger partial charge is 0.395 e. The molecule has 58 heavy (non-hydrogen) atoms. The lowest BCUT2D eigenvalue weighted by Crippen LogP contribution is -2.40. The number of ether oxygens (including phenoxy) is 1. The SMILES string of the molecule is C=N/C(C)=C(/O)C(=N)C(=O)NCCN(CC)/C(C(=O)n1nc(-c2ccc3nn(C4COC4)cc3c2)nc1C)=C(/C)CC.CCC(=O)NC1=CCC(C(F)(F)F)C=C1Cl. The normalized spacial score (nSPS) is 16.4. The molecule has 0 spiro atoms. The van der Waals surface area contributed by atoms with Gasteiger partial charge in [-0.05, 0) is 71.0 Å². The maximum Gasteiger partial charge on any atom is 0.395 e. The third-order valence-corrected chi connectivity index (χ3v) is 9.81. The Bertz CT molecular complexity index is 2180. The third kappa shape index (κ3) is 10.9. The lowest BCUT2D eigenvalue weighted by atomic mass is 9.98. The van der Waals surface area contributed by atoms with Gasteiger partial charge in [0, 0.05) is 43.2 Å². The Morgan fingerprint density at radius 3 is 2.43 bits per heavy atom. The first-order chi connectivity index (χ1) is 27.4. The molecule has 3 aromatic rings. The molecule has 1 aromatic carbocycles. The minimum atomic E-state index is -4.29. The van der Waals surface area contributed by atoms with Crippen molar-refractivity contribution in [3.05, 3.63) is 75.8 Å². The molecule has 0 saturated carbocycles. The van der Waals surface area contributed by atoms with Gasteiger partial charge in [-0.25, -0.2) is 4.98 Å². The Morgan fingerprint density at radius 2 is 1.86 bits per heavy atom. The second-order valence-electron chi connectivity index (χ2n) is 13.5. The molecule has 1 fully saturated rings. The van der Waals surface area contributed by atoms with Crippen LogP contribution in [0.2, 0.25) is 0 Å². The minimum absolute atomic E-state index is 0.0598. The number of aromatic nitrogens is 5. The summed E-state index contributed by atoms with van der Waals surface area (Å²) in [4.78, 5) is 47.3.